The lowest BCUT2D eigenvalue weighted by Gasteiger charge is -2.18. The first-order valence-corrected chi connectivity index (χ1v) is 31.2. The molecular weight excluding hydrogens is 853 g/mol. The normalized spacial score (nSPS) is 12.0. The number of hydrogen-bond acceptors (Lipinski definition) is 6. The summed E-state index contributed by atoms with van der Waals surface area (Å²) < 4.78 is 16.9. The summed E-state index contributed by atoms with van der Waals surface area (Å²) in [4.78, 5) is 38.2. The monoisotopic (exact) mass is 973 g/mol. The van der Waals surface area contributed by atoms with Crippen LogP contribution in [0.25, 0.3) is 0 Å². The summed E-state index contributed by atoms with van der Waals surface area (Å²) in [6, 6.07) is 0. The highest BCUT2D eigenvalue weighted by Crippen LogP contribution is 2.18. The first-order valence-electron chi connectivity index (χ1n) is 31.2. The van der Waals surface area contributed by atoms with Gasteiger partial charge in [0.2, 0.25) is 0 Å². The van der Waals surface area contributed by atoms with Crippen molar-refractivity contribution in [3.8, 4) is 0 Å². The summed E-state index contributed by atoms with van der Waals surface area (Å²) in [6.45, 7) is 6.69. The van der Waals surface area contributed by atoms with Gasteiger partial charge < -0.3 is 14.2 Å². The zero-order valence-electron chi connectivity index (χ0n) is 46.9. The first-order chi connectivity index (χ1) is 34.0. The second-order valence-electron chi connectivity index (χ2n) is 21.3. The van der Waals surface area contributed by atoms with Crippen LogP contribution < -0.4 is 0 Å². The van der Waals surface area contributed by atoms with Gasteiger partial charge in [0.25, 0.3) is 0 Å². The van der Waals surface area contributed by atoms with E-state index in [0.717, 1.165) is 64.2 Å². The zero-order valence-corrected chi connectivity index (χ0v) is 46.9. The molecule has 0 bridgehead atoms. The van der Waals surface area contributed by atoms with Crippen LogP contribution in [0.15, 0.2) is 12.2 Å². The second kappa shape index (κ2) is 58.7. The molecule has 0 aliphatic heterocycles. The van der Waals surface area contributed by atoms with Crippen LogP contribution in [0.4, 0.5) is 0 Å². The number of unbranched alkanes of at least 4 members (excludes halogenated alkanes) is 45. The summed E-state index contributed by atoms with van der Waals surface area (Å²) in [5.41, 5.74) is 0. The van der Waals surface area contributed by atoms with Gasteiger partial charge in [-0.25, -0.2) is 0 Å². The maximum atomic E-state index is 12.9. The Balaban J connectivity index is 4.19. The van der Waals surface area contributed by atoms with Crippen LogP contribution in [0.3, 0.4) is 0 Å². The maximum absolute atomic E-state index is 12.9. The van der Waals surface area contributed by atoms with Crippen molar-refractivity contribution in [1.82, 2.24) is 0 Å². The minimum Gasteiger partial charge on any atom is -0.462 e. The Bertz CT molecular complexity index is 1070. The van der Waals surface area contributed by atoms with Crippen LogP contribution >= 0.6 is 0 Å². The van der Waals surface area contributed by atoms with E-state index in [1.807, 2.05) is 0 Å². The molecule has 0 heterocycles. The lowest BCUT2D eigenvalue weighted by Crippen LogP contribution is -2.30. The Morgan fingerprint density at radius 1 is 0.275 bits per heavy atom. The smallest absolute Gasteiger partial charge is 0.306 e. The summed E-state index contributed by atoms with van der Waals surface area (Å²) in [5, 5.41) is 0. The molecule has 1 atom stereocenters. The highest BCUT2D eigenvalue weighted by atomic mass is 16.6. The van der Waals surface area contributed by atoms with E-state index in [4.69, 9.17) is 14.2 Å². The highest BCUT2D eigenvalue weighted by Gasteiger charge is 2.19. The third kappa shape index (κ3) is 56.9. The van der Waals surface area contributed by atoms with Crippen molar-refractivity contribution < 1.29 is 28.6 Å². The molecule has 0 radical (unpaired) electrons. The summed E-state index contributed by atoms with van der Waals surface area (Å²) in [7, 11) is 0. The van der Waals surface area contributed by atoms with Crippen LogP contribution in [-0.2, 0) is 28.6 Å². The molecule has 0 rings (SSSR count). The number of allylic oxidation sites excluding steroid dienone is 2. The lowest BCUT2D eigenvalue weighted by atomic mass is 10.0. The van der Waals surface area contributed by atoms with Crippen molar-refractivity contribution in [2.24, 2.45) is 0 Å². The number of carbonyl (C=O) groups is 3. The fourth-order valence-electron chi connectivity index (χ4n) is 9.56. The Hall–Kier alpha value is -1.85. The number of esters is 3. The average Bonchev–Trinajstić information content (AvgIpc) is 3.35. The van der Waals surface area contributed by atoms with E-state index in [1.165, 1.54) is 250 Å². The van der Waals surface area contributed by atoms with Crippen molar-refractivity contribution in [1.29, 1.82) is 0 Å². The molecule has 0 aliphatic rings. The van der Waals surface area contributed by atoms with Gasteiger partial charge in [-0.2, -0.15) is 0 Å². The topological polar surface area (TPSA) is 78.9 Å². The Labute approximate surface area is 431 Å². The molecule has 0 fully saturated rings. The minimum absolute atomic E-state index is 0.0673. The van der Waals surface area contributed by atoms with Crippen LogP contribution in [0.5, 0.6) is 0 Å². The molecule has 69 heavy (non-hydrogen) atoms. The van der Waals surface area contributed by atoms with Gasteiger partial charge in [0.05, 0.1) is 0 Å². The molecule has 0 saturated heterocycles. The van der Waals surface area contributed by atoms with Crippen molar-refractivity contribution in [2.45, 2.75) is 361 Å². The summed E-state index contributed by atoms with van der Waals surface area (Å²) in [6.07, 6.45) is 67.9. The molecule has 0 spiro atoms. The third-order valence-electron chi connectivity index (χ3n) is 14.3. The van der Waals surface area contributed by atoms with E-state index in [1.54, 1.807) is 0 Å². The molecule has 0 N–H and O–H groups in total. The van der Waals surface area contributed by atoms with Crippen molar-refractivity contribution in [3.05, 3.63) is 12.2 Å². The third-order valence-corrected chi connectivity index (χ3v) is 14.3. The molecule has 6 heteroatoms. The van der Waals surface area contributed by atoms with Crippen LogP contribution in [0, 0.1) is 0 Å². The van der Waals surface area contributed by atoms with Crippen molar-refractivity contribution in [3.63, 3.8) is 0 Å². The van der Waals surface area contributed by atoms with Gasteiger partial charge in [0, 0.05) is 19.3 Å². The van der Waals surface area contributed by atoms with E-state index in [2.05, 4.69) is 32.9 Å². The van der Waals surface area contributed by atoms with Gasteiger partial charge in [-0.15, -0.1) is 0 Å². The molecule has 0 amide bonds. The van der Waals surface area contributed by atoms with Gasteiger partial charge >= 0.3 is 17.9 Å². The van der Waals surface area contributed by atoms with Crippen molar-refractivity contribution >= 4 is 17.9 Å². The SMILES string of the molecule is CCCCCCCCC/C=C\CCCCCCCC(=O)OC(COC(=O)CCCCCCCCCCCCC)COC(=O)CCCCCCCCCCCCCCCCCCCCCCCCCC. The second-order valence-corrected chi connectivity index (χ2v) is 21.3. The van der Waals surface area contributed by atoms with Gasteiger partial charge in [-0.05, 0) is 44.9 Å². The maximum Gasteiger partial charge on any atom is 0.306 e. The number of hydrogen-bond donors (Lipinski definition) is 0. The number of carbonyl (C=O) groups excluding carboxylic acids is 3. The van der Waals surface area contributed by atoms with Gasteiger partial charge in [-0.3, -0.25) is 14.4 Å². The van der Waals surface area contributed by atoms with Crippen LogP contribution in [0.1, 0.15) is 355 Å². The average molecular weight is 974 g/mol. The standard InChI is InChI=1S/C63H120O6/c1-4-7-10-13-16-19-22-24-26-28-29-30-31-32-33-34-35-37-38-41-44-47-50-53-56-62(65)68-59-60(58-67-61(64)55-52-49-46-43-40-21-18-15-12-9-6-3)69-63(66)57-54-51-48-45-42-39-36-27-25-23-20-17-14-11-8-5-2/h27,36,60H,4-26,28-35,37-59H2,1-3H3/b36-27-. The molecule has 0 aromatic heterocycles. The van der Waals surface area contributed by atoms with Gasteiger partial charge in [-0.1, -0.05) is 303 Å². The number of rotatable bonds is 58. The molecule has 1 unspecified atom stereocenters. The van der Waals surface area contributed by atoms with Crippen LogP contribution in [0.2, 0.25) is 0 Å². The molecular formula is C63H120O6. The summed E-state index contributed by atoms with van der Waals surface area (Å²) >= 11 is 0. The summed E-state index contributed by atoms with van der Waals surface area (Å²) in [5.74, 6) is -0.850. The molecule has 0 aromatic rings. The minimum atomic E-state index is -0.769. The van der Waals surface area contributed by atoms with Crippen LogP contribution in [-0.4, -0.2) is 37.2 Å². The van der Waals surface area contributed by atoms with Crippen molar-refractivity contribution in [2.75, 3.05) is 13.2 Å². The van der Waals surface area contributed by atoms with E-state index in [-0.39, 0.29) is 31.1 Å². The molecule has 408 valence electrons. The molecule has 0 saturated carbocycles. The first kappa shape index (κ1) is 67.1. The lowest BCUT2D eigenvalue weighted by molar-refractivity contribution is -0.167. The zero-order chi connectivity index (χ0) is 50.0. The predicted molar refractivity (Wildman–Crippen MR) is 298 cm³/mol. The predicted octanol–water partition coefficient (Wildman–Crippen LogP) is 20.9. The Kier molecular flexibility index (Phi) is 57.1. The van der Waals surface area contributed by atoms with E-state index in [0.29, 0.717) is 19.3 Å². The molecule has 0 aliphatic carbocycles. The fourth-order valence-corrected chi connectivity index (χ4v) is 9.56. The van der Waals surface area contributed by atoms with Gasteiger partial charge in [0.1, 0.15) is 13.2 Å². The fraction of sp³-hybridized carbons (Fsp3) is 0.921. The van der Waals surface area contributed by atoms with E-state index in [9.17, 15) is 14.4 Å². The molecule has 0 aromatic carbocycles. The molecule has 6 nitrogen and oxygen atoms in total. The van der Waals surface area contributed by atoms with Gasteiger partial charge in [0.15, 0.2) is 6.10 Å². The van der Waals surface area contributed by atoms with E-state index < -0.39 is 6.10 Å². The quantitative estimate of drug-likeness (QED) is 0.0261. The highest BCUT2D eigenvalue weighted by molar-refractivity contribution is 5.71. The van der Waals surface area contributed by atoms with E-state index >= 15 is 0 Å². The Morgan fingerprint density at radius 2 is 0.478 bits per heavy atom. The Morgan fingerprint density at radius 3 is 0.725 bits per heavy atom. The largest absolute Gasteiger partial charge is 0.462 e. The number of ether oxygens (including phenoxy) is 3.